The number of hydrogen-bond donors (Lipinski definition) is 2. The Bertz CT molecular complexity index is 555. The quantitative estimate of drug-likeness (QED) is 0.697. The van der Waals surface area contributed by atoms with E-state index in [-0.39, 0.29) is 0 Å². The highest BCUT2D eigenvalue weighted by Gasteiger charge is 2.22. The molecule has 1 aliphatic rings. The topological polar surface area (TPSA) is 50.4 Å². The molecule has 1 aromatic rings. The monoisotopic (exact) mass is 350 g/mol. The van der Waals surface area contributed by atoms with Crippen LogP contribution < -0.4 is 10.6 Å². The molecule has 2 N–H and O–H groups in total. The van der Waals surface area contributed by atoms with Gasteiger partial charge in [-0.2, -0.15) is 11.8 Å². The molecule has 24 heavy (non-hydrogen) atoms. The first-order valence-electron chi connectivity index (χ1n) is 8.83. The van der Waals surface area contributed by atoms with Crippen molar-refractivity contribution >= 4 is 23.5 Å². The zero-order chi connectivity index (χ0) is 17.6. The summed E-state index contributed by atoms with van der Waals surface area (Å²) in [5.41, 5.74) is 3.02. The SMILES string of the molecule is CCSCCCNC1CCc2cc(NC(=O)OC(C)(C)C)ccc21. The fourth-order valence-electron chi connectivity index (χ4n) is 2.92. The smallest absolute Gasteiger partial charge is 0.412 e. The molecule has 4 nitrogen and oxygen atoms in total. The zero-order valence-corrected chi connectivity index (χ0v) is 16.1. The molecule has 2 rings (SSSR count). The third-order valence-corrected chi connectivity index (χ3v) is 4.91. The van der Waals surface area contributed by atoms with Gasteiger partial charge in [0.15, 0.2) is 0 Å². The van der Waals surface area contributed by atoms with Crippen molar-refractivity contribution in [2.75, 3.05) is 23.4 Å². The van der Waals surface area contributed by atoms with Gasteiger partial charge in [0.25, 0.3) is 0 Å². The molecule has 0 heterocycles. The van der Waals surface area contributed by atoms with E-state index in [2.05, 4.69) is 29.7 Å². The summed E-state index contributed by atoms with van der Waals surface area (Å²) in [6.45, 7) is 8.86. The van der Waals surface area contributed by atoms with Gasteiger partial charge in [0, 0.05) is 11.7 Å². The number of nitrogens with one attached hydrogen (secondary N) is 2. The Labute approximate surface area is 150 Å². The van der Waals surface area contributed by atoms with E-state index in [0.29, 0.717) is 6.04 Å². The van der Waals surface area contributed by atoms with E-state index in [0.717, 1.165) is 25.1 Å². The molecule has 134 valence electrons. The first-order valence-corrected chi connectivity index (χ1v) is 9.98. The summed E-state index contributed by atoms with van der Waals surface area (Å²) in [5.74, 6) is 2.42. The molecule has 0 fully saturated rings. The van der Waals surface area contributed by atoms with Crippen LogP contribution in [0.2, 0.25) is 0 Å². The summed E-state index contributed by atoms with van der Waals surface area (Å²) in [7, 11) is 0. The van der Waals surface area contributed by atoms with E-state index in [1.807, 2.05) is 38.6 Å². The van der Waals surface area contributed by atoms with Gasteiger partial charge in [-0.1, -0.05) is 13.0 Å². The zero-order valence-electron chi connectivity index (χ0n) is 15.3. The third kappa shape index (κ3) is 6.02. The van der Waals surface area contributed by atoms with Crippen molar-refractivity contribution in [3.05, 3.63) is 29.3 Å². The number of fused-ring (bicyclic) bond motifs is 1. The molecule has 1 atom stereocenters. The number of anilines is 1. The summed E-state index contributed by atoms with van der Waals surface area (Å²) >= 11 is 2.00. The number of carbonyl (C=O) groups excluding carboxylic acids is 1. The minimum Gasteiger partial charge on any atom is -0.444 e. The second-order valence-corrected chi connectivity index (χ2v) is 8.53. The fraction of sp³-hybridized carbons (Fsp3) is 0.632. The summed E-state index contributed by atoms with van der Waals surface area (Å²) in [6.07, 6.45) is 3.00. The van der Waals surface area contributed by atoms with Gasteiger partial charge in [-0.15, -0.1) is 0 Å². The molecule has 0 saturated carbocycles. The van der Waals surface area contributed by atoms with Crippen LogP contribution in [0.25, 0.3) is 0 Å². The first kappa shape index (κ1) is 19.1. The lowest BCUT2D eigenvalue weighted by Crippen LogP contribution is -2.27. The highest BCUT2D eigenvalue weighted by molar-refractivity contribution is 7.99. The number of amides is 1. The van der Waals surface area contributed by atoms with E-state index in [4.69, 9.17) is 4.74 Å². The van der Waals surface area contributed by atoms with Crippen molar-refractivity contribution in [3.63, 3.8) is 0 Å². The molecule has 5 heteroatoms. The summed E-state index contributed by atoms with van der Waals surface area (Å²) in [6, 6.07) is 6.62. The molecular formula is C19H30N2O2S. The van der Waals surface area contributed by atoms with E-state index in [1.54, 1.807) is 0 Å². The highest BCUT2D eigenvalue weighted by Crippen LogP contribution is 2.33. The van der Waals surface area contributed by atoms with E-state index in [1.165, 1.54) is 29.1 Å². The number of aryl methyl sites for hydroxylation is 1. The number of benzene rings is 1. The number of ether oxygens (including phenoxy) is 1. The van der Waals surface area contributed by atoms with Gasteiger partial charge in [-0.3, -0.25) is 5.32 Å². The first-order chi connectivity index (χ1) is 11.4. The molecule has 0 spiro atoms. The van der Waals surface area contributed by atoms with E-state index < -0.39 is 11.7 Å². The van der Waals surface area contributed by atoms with Gasteiger partial charge in [0.2, 0.25) is 0 Å². The lowest BCUT2D eigenvalue weighted by atomic mass is 10.1. The third-order valence-electron chi connectivity index (χ3n) is 3.93. The molecule has 1 aliphatic carbocycles. The normalized spacial score (nSPS) is 16.8. The highest BCUT2D eigenvalue weighted by atomic mass is 32.2. The van der Waals surface area contributed by atoms with Crippen LogP contribution in [-0.4, -0.2) is 29.7 Å². The van der Waals surface area contributed by atoms with Crippen LogP contribution in [0.1, 0.15) is 57.7 Å². The Kier molecular flexibility index (Phi) is 6.99. The van der Waals surface area contributed by atoms with Gasteiger partial charge in [0.05, 0.1) is 0 Å². The molecule has 0 bridgehead atoms. The minimum absolute atomic E-state index is 0.399. The largest absolute Gasteiger partial charge is 0.444 e. The lowest BCUT2D eigenvalue weighted by molar-refractivity contribution is 0.0636. The fourth-order valence-corrected chi connectivity index (χ4v) is 3.56. The molecular weight excluding hydrogens is 320 g/mol. The summed E-state index contributed by atoms with van der Waals surface area (Å²) in [4.78, 5) is 11.9. The predicted molar refractivity (Wildman–Crippen MR) is 103 cm³/mol. The average Bonchev–Trinajstić information content (AvgIpc) is 2.87. The molecule has 1 amide bonds. The van der Waals surface area contributed by atoms with Gasteiger partial charge < -0.3 is 10.1 Å². The summed E-state index contributed by atoms with van der Waals surface area (Å²) < 4.78 is 5.30. The van der Waals surface area contributed by atoms with Crippen molar-refractivity contribution in [3.8, 4) is 0 Å². The van der Waals surface area contributed by atoms with Crippen LogP contribution in [0.15, 0.2) is 18.2 Å². The number of hydrogen-bond acceptors (Lipinski definition) is 4. The van der Waals surface area contributed by atoms with Gasteiger partial charge in [-0.25, -0.2) is 4.79 Å². The van der Waals surface area contributed by atoms with Crippen molar-refractivity contribution < 1.29 is 9.53 Å². The predicted octanol–water partition coefficient (Wildman–Crippen LogP) is 4.75. The Balaban J connectivity index is 1.87. The number of carbonyl (C=O) groups is 1. The van der Waals surface area contributed by atoms with Crippen molar-refractivity contribution in [1.82, 2.24) is 5.32 Å². The Hall–Kier alpha value is -1.20. The second-order valence-electron chi connectivity index (χ2n) is 7.14. The molecule has 0 radical (unpaired) electrons. The summed E-state index contributed by atoms with van der Waals surface area (Å²) in [5, 5.41) is 6.49. The minimum atomic E-state index is -0.480. The van der Waals surface area contributed by atoms with Gasteiger partial charge in [-0.05, 0) is 81.3 Å². The van der Waals surface area contributed by atoms with Crippen LogP contribution in [0.4, 0.5) is 10.5 Å². The molecule has 1 unspecified atom stereocenters. The molecule has 1 aromatic carbocycles. The van der Waals surface area contributed by atoms with Crippen LogP contribution in [0, 0.1) is 0 Å². The molecule has 0 saturated heterocycles. The Morgan fingerprint density at radius 2 is 2.17 bits per heavy atom. The van der Waals surface area contributed by atoms with Crippen LogP contribution >= 0.6 is 11.8 Å². The standard InChI is InChI=1S/C19H30N2O2S/c1-5-24-12-6-11-20-17-10-7-14-13-15(8-9-16(14)17)21-18(22)23-19(2,3)4/h8-9,13,17,20H,5-7,10-12H2,1-4H3,(H,21,22). The maximum atomic E-state index is 11.9. The Morgan fingerprint density at radius 1 is 1.38 bits per heavy atom. The second kappa shape index (κ2) is 8.77. The van der Waals surface area contributed by atoms with E-state index in [9.17, 15) is 4.79 Å². The maximum Gasteiger partial charge on any atom is 0.412 e. The van der Waals surface area contributed by atoms with Gasteiger partial charge >= 0.3 is 6.09 Å². The van der Waals surface area contributed by atoms with Crippen molar-refractivity contribution in [1.29, 1.82) is 0 Å². The molecule has 0 aromatic heterocycles. The lowest BCUT2D eigenvalue weighted by Gasteiger charge is -2.20. The van der Waals surface area contributed by atoms with E-state index >= 15 is 0 Å². The van der Waals surface area contributed by atoms with Crippen molar-refractivity contribution in [2.45, 2.75) is 58.6 Å². The van der Waals surface area contributed by atoms with Gasteiger partial charge in [0.1, 0.15) is 5.60 Å². The maximum absolute atomic E-state index is 11.9. The van der Waals surface area contributed by atoms with Crippen LogP contribution in [-0.2, 0) is 11.2 Å². The van der Waals surface area contributed by atoms with Crippen LogP contribution in [0.5, 0.6) is 0 Å². The number of rotatable bonds is 7. The van der Waals surface area contributed by atoms with Crippen molar-refractivity contribution in [2.24, 2.45) is 0 Å². The average molecular weight is 351 g/mol. The Morgan fingerprint density at radius 3 is 2.88 bits per heavy atom. The molecule has 0 aliphatic heterocycles. The van der Waals surface area contributed by atoms with Crippen LogP contribution in [0.3, 0.4) is 0 Å². The number of thioether (sulfide) groups is 1.